The molecule has 82 valence electrons. The van der Waals surface area contributed by atoms with Crippen molar-refractivity contribution in [2.24, 2.45) is 0 Å². The van der Waals surface area contributed by atoms with Gasteiger partial charge in [0.15, 0.2) is 5.79 Å². The number of rotatable bonds is 4. The number of aliphatic hydroxyl groups excluding tert-OH is 1. The topological polar surface area (TPSA) is 38.7 Å². The zero-order chi connectivity index (χ0) is 10.4. The summed E-state index contributed by atoms with van der Waals surface area (Å²) >= 11 is 0. The van der Waals surface area contributed by atoms with Gasteiger partial charge >= 0.3 is 0 Å². The molecular formula is C11H20O3. The third-order valence-corrected chi connectivity index (χ3v) is 2.49. The highest BCUT2D eigenvalue weighted by Crippen LogP contribution is 2.27. The molecule has 1 aliphatic heterocycles. The van der Waals surface area contributed by atoms with Crippen LogP contribution in [-0.4, -0.2) is 30.7 Å². The first-order valence-electron chi connectivity index (χ1n) is 5.27. The quantitative estimate of drug-likeness (QED) is 0.704. The van der Waals surface area contributed by atoms with Crippen molar-refractivity contribution >= 4 is 0 Å². The number of aliphatic hydroxyl groups is 1. The number of hydrogen-bond acceptors (Lipinski definition) is 3. The summed E-state index contributed by atoms with van der Waals surface area (Å²) in [6.07, 6.45) is 7.04. The molecule has 3 nitrogen and oxygen atoms in total. The molecule has 1 rings (SSSR count). The van der Waals surface area contributed by atoms with Crippen molar-refractivity contribution in [1.82, 2.24) is 0 Å². The largest absolute Gasteiger partial charge is 0.393 e. The lowest BCUT2D eigenvalue weighted by molar-refractivity contribution is -0.228. The predicted molar refractivity (Wildman–Crippen MR) is 55.0 cm³/mol. The average Bonchev–Trinajstić information content (AvgIpc) is 2.18. The van der Waals surface area contributed by atoms with Crippen molar-refractivity contribution in [1.29, 1.82) is 0 Å². The lowest BCUT2D eigenvalue weighted by Gasteiger charge is -2.35. The molecule has 1 heterocycles. The summed E-state index contributed by atoms with van der Waals surface area (Å²) in [6, 6.07) is 0. The Hall–Kier alpha value is -0.380. The first-order valence-corrected chi connectivity index (χ1v) is 5.27. The molecule has 14 heavy (non-hydrogen) atoms. The molecule has 0 aliphatic carbocycles. The van der Waals surface area contributed by atoms with Gasteiger partial charge in [0, 0.05) is 13.5 Å². The van der Waals surface area contributed by atoms with Crippen LogP contribution >= 0.6 is 0 Å². The van der Waals surface area contributed by atoms with Gasteiger partial charge in [-0.05, 0) is 18.9 Å². The number of allylic oxidation sites excluding steroid dienone is 1. The summed E-state index contributed by atoms with van der Waals surface area (Å²) in [7, 11) is 1.62. The Balaban J connectivity index is 2.55. The second-order valence-electron chi connectivity index (χ2n) is 3.70. The van der Waals surface area contributed by atoms with E-state index in [2.05, 4.69) is 13.0 Å². The van der Waals surface area contributed by atoms with Gasteiger partial charge in [0.2, 0.25) is 0 Å². The fraction of sp³-hybridized carbons (Fsp3) is 0.818. The minimum absolute atomic E-state index is 0.310. The second-order valence-corrected chi connectivity index (χ2v) is 3.70. The van der Waals surface area contributed by atoms with Crippen LogP contribution in [0.4, 0.5) is 0 Å². The standard InChI is InChI=1S/C11H20O3/c1-3-4-5-7-11(13-2)9-10(12)6-8-14-11/h5,7,10,12H,3-4,6,8-9H2,1-2H3/t10-,11-/m0/s1. The van der Waals surface area contributed by atoms with Crippen LogP contribution in [0.1, 0.15) is 32.6 Å². The second kappa shape index (κ2) is 5.49. The molecule has 1 saturated heterocycles. The summed E-state index contributed by atoms with van der Waals surface area (Å²) < 4.78 is 10.9. The molecule has 0 bridgehead atoms. The molecule has 3 heteroatoms. The average molecular weight is 200 g/mol. The minimum Gasteiger partial charge on any atom is -0.393 e. The Bertz CT molecular complexity index is 191. The van der Waals surface area contributed by atoms with Gasteiger partial charge in [0.05, 0.1) is 12.7 Å². The summed E-state index contributed by atoms with van der Waals surface area (Å²) in [4.78, 5) is 0. The lowest BCUT2D eigenvalue weighted by Crippen LogP contribution is -2.41. The Morgan fingerprint density at radius 1 is 1.64 bits per heavy atom. The molecule has 0 saturated carbocycles. The SMILES string of the molecule is CCCC=C[C@@]1(OC)C[C@@H](O)CCO1. The molecule has 1 fully saturated rings. The maximum absolute atomic E-state index is 9.54. The molecule has 1 aliphatic rings. The highest BCUT2D eigenvalue weighted by molar-refractivity contribution is 4.99. The summed E-state index contributed by atoms with van der Waals surface area (Å²) in [6.45, 7) is 2.69. The van der Waals surface area contributed by atoms with Gasteiger partial charge in [0.25, 0.3) is 0 Å². The molecule has 0 aromatic heterocycles. The van der Waals surface area contributed by atoms with E-state index in [1.165, 1.54) is 0 Å². The van der Waals surface area contributed by atoms with E-state index in [-0.39, 0.29) is 6.10 Å². The number of ether oxygens (including phenoxy) is 2. The maximum atomic E-state index is 9.54. The fourth-order valence-electron chi connectivity index (χ4n) is 1.61. The summed E-state index contributed by atoms with van der Waals surface area (Å²) in [5.41, 5.74) is 0. The van der Waals surface area contributed by atoms with Gasteiger partial charge in [-0.25, -0.2) is 0 Å². The normalized spacial score (nSPS) is 33.8. The van der Waals surface area contributed by atoms with Gasteiger partial charge in [-0.3, -0.25) is 0 Å². The van der Waals surface area contributed by atoms with E-state index in [9.17, 15) is 5.11 Å². The van der Waals surface area contributed by atoms with Crippen molar-refractivity contribution in [3.05, 3.63) is 12.2 Å². The Kier molecular flexibility index (Phi) is 4.58. The Morgan fingerprint density at radius 2 is 2.43 bits per heavy atom. The van der Waals surface area contributed by atoms with Crippen LogP contribution in [0, 0.1) is 0 Å². The molecule has 0 unspecified atom stereocenters. The van der Waals surface area contributed by atoms with E-state index in [0.29, 0.717) is 19.4 Å². The highest BCUT2D eigenvalue weighted by atomic mass is 16.7. The van der Waals surface area contributed by atoms with Crippen LogP contribution in [0.25, 0.3) is 0 Å². The number of unbranched alkanes of at least 4 members (excludes halogenated alkanes) is 1. The Labute approximate surface area is 85.7 Å². The van der Waals surface area contributed by atoms with Crippen LogP contribution < -0.4 is 0 Å². The van der Waals surface area contributed by atoms with Crippen LogP contribution in [0.3, 0.4) is 0 Å². The van der Waals surface area contributed by atoms with Crippen molar-refractivity contribution < 1.29 is 14.6 Å². The van der Waals surface area contributed by atoms with Crippen molar-refractivity contribution in [2.45, 2.75) is 44.5 Å². The van der Waals surface area contributed by atoms with Crippen molar-refractivity contribution in [3.8, 4) is 0 Å². The fourth-order valence-corrected chi connectivity index (χ4v) is 1.61. The van der Waals surface area contributed by atoms with Crippen molar-refractivity contribution in [2.75, 3.05) is 13.7 Å². The molecule has 0 aromatic rings. The lowest BCUT2D eigenvalue weighted by atomic mass is 10.0. The molecular weight excluding hydrogens is 180 g/mol. The first kappa shape index (κ1) is 11.7. The van der Waals surface area contributed by atoms with E-state index in [1.54, 1.807) is 7.11 Å². The van der Waals surface area contributed by atoms with Gasteiger partial charge in [-0.1, -0.05) is 19.4 Å². The number of methoxy groups -OCH3 is 1. The van der Waals surface area contributed by atoms with Crippen molar-refractivity contribution in [3.63, 3.8) is 0 Å². The predicted octanol–water partition coefficient (Wildman–Crippen LogP) is 1.86. The van der Waals surface area contributed by atoms with Crippen LogP contribution in [0.15, 0.2) is 12.2 Å². The Morgan fingerprint density at radius 3 is 3.00 bits per heavy atom. The molecule has 0 amide bonds. The van der Waals surface area contributed by atoms with Crippen LogP contribution in [0.5, 0.6) is 0 Å². The van der Waals surface area contributed by atoms with E-state index in [4.69, 9.17) is 9.47 Å². The number of hydrogen-bond donors (Lipinski definition) is 1. The molecule has 0 radical (unpaired) electrons. The van der Waals surface area contributed by atoms with E-state index in [0.717, 1.165) is 12.8 Å². The smallest absolute Gasteiger partial charge is 0.189 e. The third-order valence-electron chi connectivity index (χ3n) is 2.49. The molecule has 0 aromatic carbocycles. The van der Waals surface area contributed by atoms with Crippen LogP contribution in [-0.2, 0) is 9.47 Å². The monoisotopic (exact) mass is 200 g/mol. The minimum atomic E-state index is -0.688. The first-order chi connectivity index (χ1) is 6.72. The van der Waals surface area contributed by atoms with E-state index < -0.39 is 5.79 Å². The maximum Gasteiger partial charge on any atom is 0.189 e. The van der Waals surface area contributed by atoms with E-state index >= 15 is 0 Å². The van der Waals surface area contributed by atoms with Gasteiger partial charge in [-0.15, -0.1) is 0 Å². The van der Waals surface area contributed by atoms with Crippen LogP contribution in [0.2, 0.25) is 0 Å². The van der Waals surface area contributed by atoms with E-state index in [1.807, 2.05) is 6.08 Å². The molecule has 1 N–H and O–H groups in total. The van der Waals surface area contributed by atoms with Gasteiger partial charge in [0.1, 0.15) is 0 Å². The molecule has 0 spiro atoms. The van der Waals surface area contributed by atoms with Gasteiger partial charge < -0.3 is 14.6 Å². The zero-order valence-corrected chi connectivity index (χ0v) is 9.03. The molecule has 2 atom stereocenters. The summed E-state index contributed by atoms with van der Waals surface area (Å²) in [5.74, 6) is -0.688. The highest BCUT2D eigenvalue weighted by Gasteiger charge is 2.34. The summed E-state index contributed by atoms with van der Waals surface area (Å²) in [5, 5.41) is 9.54. The third kappa shape index (κ3) is 3.08. The van der Waals surface area contributed by atoms with Gasteiger partial charge in [-0.2, -0.15) is 0 Å². The zero-order valence-electron chi connectivity index (χ0n) is 9.03.